The summed E-state index contributed by atoms with van der Waals surface area (Å²) in [4.78, 5) is 25.5. The number of carbonyl (C=O) groups excluding carboxylic acids is 2. The van der Waals surface area contributed by atoms with Crippen LogP contribution in [0.2, 0.25) is 0 Å². The molecule has 1 fully saturated rings. The van der Waals surface area contributed by atoms with Gasteiger partial charge in [-0.25, -0.2) is 0 Å². The Hall–Kier alpha value is -2.34. The van der Waals surface area contributed by atoms with Crippen molar-refractivity contribution in [3.05, 3.63) is 48.6 Å². The molecular formula is C58H104O10. The second-order valence-electron chi connectivity index (χ2n) is 19.4. The van der Waals surface area contributed by atoms with Gasteiger partial charge in [0, 0.05) is 12.8 Å². The molecule has 1 heterocycles. The molecule has 0 saturated carbocycles. The van der Waals surface area contributed by atoms with Gasteiger partial charge in [-0.2, -0.15) is 0 Å². The van der Waals surface area contributed by atoms with Gasteiger partial charge in [-0.3, -0.25) is 9.59 Å². The van der Waals surface area contributed by atoms with Crippen LogP contribution in [-0.4, -0.2) is 89.0 Å². The molecule has 0 aromatic carbocycles. The van der Waals surface area contributed by atoms with E-state index < -0.39 is 55.4 Å². The molecule has 1 aliphatic heterocycles. The molecule has 0 spiro atoms. The Labute approximate surface area is 416 Å². The van der Waals surface area contributed by atoms with Gasteiger partial charge in [0.15, 0.2) is 12.4 Å². The lowest BCUT2D eigenvalue weighted by molar-refractivity contribution is -0.305. The maximum absolute atomic E-state index is 12.9. The number of rotatable bonds is 48. The van der Waals surface area contributed by atoms with Crippen LogP contribution >= 0.6 is 0 Å². The van der Waals surface area contributed by atoms with Crippen molar-refractivity contribution >= 4 is 11.9 Å². The van der Waals surface area contributed by atoms with Crippen LogP contribution in [0.15, 0.2) is 48.6 Å². The van der Waals surface area contributed by atoms with Gasteiger partial charge in [-0.05, 0) is 51.4 Å². The molecule has 10 nitrogen and oxygen atoms in total. The van der Waals surface area contributed by atoms with Gasteiger partial charge in [0.25, 0.3) is 0 Å². The van der Waals surface area contributed by atoms with Crippen LogP contribution in [0.4, 0.5) is 0 Å². The molecule has 0 bridgehead atoms. The zero-order chi connectivity index (χ0) is 49.4. The molecule has 2 unspecified atom stereocenters. The summed E-state index contributed by atoms with van der Waals surface area (Å²) < 4.78 is 22.2. The van der Waals surface area contributed by atoms with Crippen LogP contribution in [0.5, 0.6) is 0 Å². The quantitative estimate of drug-likeness (QED) is 0.0263. The summed E-state index contributed by atoms with van der Waals surface area (Å²) >= 11 is 0. The number of allylic oxidation sites excluding steroid dienone is 8. The van der Waals surface area contributed by atoms with E-state index in [1.54, 1.807) is 0 Å². The number of aliphatic hydroxyl groups excluding tert-OH is 4. The Balaban J connectivity index is 2.26. The number of hydrogen-bond donors (Lipinski definition) is 4. The fourth-order valence-electron chi connectivity index (χ4n) is 8.54. The van der Waals surface area contributed by atoms with Crippen molar-refractivity contribution in [1.29, 1.82) is 0 Å². The van der Waals surface area contributed by atoms with Gasteiger partial charge in [0.2, 0.25) is 0 Å². The molecule has 396 valence electrons. The highest BCUT2D eigenvalue weighted by atomic mass is 16.7. The lowest BCUT2D eigenvalue weighted by Gasteiger charge is -2.39. The Morgan fingerprint density at radius 3 is 1.28 bits per heavy atom. The van der Waals surface area contributed by atoms with E-state index in [0.29, 0.717) is 12.8 Å². The maximum atomic E-state index is 12.9. The number of esters is 2. The topological polar surface area (TPSA) is 152 Å². The predicted molar refractivity (Wildman–Crippen MR) is 279 cm³/mol. The maximum Gasteiger partial charge on any atom is 0.306 e. The Morgan fingerprint density at radius 1 is 0.456 bits per heavy atom. The predicted octanol–water partition coefficient (Wildman–Crippen LogP) is 14.0. The minimum Gasteiger partial charge on any atom is -0.462 e. The smallest absolute Gasteiger partial charge is 0.306 e. The van der Waals surface area contributed by atoms with Gasteiger partial charge in [0.1, 0.15) is 31.0 Å². The molecule has 0 amide bonds. The van der Waals surface area contributed by atoms with E-state index in [4.69, 9.17) is 18.9 Å². The highest BCUT2D eigenvalue weighted by Crippen LogP contribution is 2.23. The summed E-state index contributed by atoms with van der Waals surface area (Å²) in [5.41, 5.74) is 0. The Kier molecular flexibility index (Phi) is 45.2. The van der Waals surface area contributed by atoms with Crippen molar-refractivity contribution in [1.82, 2.24) is 0 Å². The van der Waals surface area contributed by atoms with Gasteiger partial charge in [0.05, 0.1) is 13.2 Å². The highest BCUT2D eigenvalue weighted by molar-refractivity contribution is 5.70. The summed E-state index contributed by atoms with van der Waals surface area (Å²) in [6.07, 6.45) is 52.8. The largest absolute Gasteiger partial charge is 0.462 e. The summed E-state index contributed by atoms with van der Waals surface area (Å²) in [5, 5.41) is 40.3. The van der Waals surface area contributed by atoms with E-state index in [1.165, 1.54) is 167 Å². The van der Waals surface area contributed by atoms with E-state index in [2.05, 4.69) is 62.5 Å². The van der Waals surface area contributed by atoms with Crippen molar-refractivity contribution in [2.45, 2.75) is 288 Å². The number of ether oxygens (including phenoxy) is 4. The molecule has 1 saturated heterocycles. The molecule has 4 N–H and O–H groups in total. The number of aliphatic hydroxyl groups is 4. The van der Waals surface area contributed by atoms with Crippen LogP contribution < -0.4 is 0 Å². The van der Waals surface area contributed by atoms with Gasteiger partial charge in [-0.15, -0.1) is 0 Å². The molecule has 0 aliphatic carbocycles. The van der Waals surface area contributed by atoms with Crippen LogP contribution in [0, 0.1) is 0 Å². The lowest BCUT2D eigenvalue weighted by Crippen LogP contribution is -2.59. The van der Waals surface area contributed by atoms with Crippen molar-refractivity contribution in [2.75, 3.05) is 19.8 Å². The van der Waals surface area contributed by atoms with Gasteiger partial charge in [-0.1, -0.05) is 236 Å². The van der Waals surface area contributed by atoms with Crippen molar-refractivity contribution in [3.8, 4) is 0 Å². The second-order valence-corrected chi connectivity index (χ2v) is 19.4. The zero-order valence-electron chi connectivity index (χ0n) is 43.6. The first kappa shape index (κ1) is 63.7. The third-order valence-electron chi connectivity index (χ3n) is 13.0. The summed E-state index contributed by atoms with van der Waals surface area (Å²) in [6.45, 7) is 3.41. The third-order valence-corrected chi connectivity index (χ3v) is 13.0. The molecule has 10 heteroatoms. The fraction of sp³-hybridized carbons (Fsp3) is 0.828. The Bertz CT molecular complexity index is 1250. The first-order valence-corrected chi connectivity index (χ1v) is 28.2. The minimum atomic E-state index is -1.60. The number of unbranched alkanes of at least 4 members (excludes halogenated alkanes) is 29. The minimum absolute atomic E-state index is 0.201. The zero-order valence-corrected chi connectivity index (χ0v) is 43.6. The summed E-state index contributed by atoms with van der Waals surface area (Å²) in [7, 11) is 0. The normalized spacial score (nSPS) is 19.3. The van der Waals surface area contributed by atoms with Gasteiger partial charge >= 0.3 is 11.9 Å². The first-order valence-electron chi connectivity index (χ1n) is 28.2. The monoisotopic (exact) mass is 961 g/mol. The van der Waals surface area contributed by atoms with E-state index in [-0.39, 0.29) is 26.1 Å². The molecule has 0 radical (unpaired) electrons. The third kappa shape index (κ3) is 38.4. The molecular weight excluding hydrogens is 857 g/mol. The summed E-state index contributed by atoms with van der Waals surface area (Å²) in [5.74, 6) is -0.862. The number of hydrogen-bond acceptors (Lipinski definition) is 10. The SMILES string of the molecule is CCCCCCCCC/C=C/C/C=C/C/C=C/C/C=C/CCCC(=O)OC[C@H](CO[C@@H]1O[C@H](CO)[C@H](O)C(O)C1O)OC(=O)CCCCCCCCCCCCCCCCCCCCCCCC. The van der Waals surface area contributed by atoms with Crippen molar-refractivity contribution < 1.29 is 49.0 Å². The first-order chi connectivity index (χ1) is 33.3. The van der Waals surface area contributed by atoms with Crippen LogP contribution in [-0.2, 0) is 28.5 Å². The molecule has 1 rings (SSSR count). The van der Waals surface area contributed by atoms with Crippen molar-refractivity contribution in [2.24, 2.45) is 0 Å². The number of carbonyl (C=O) groups is 2. The average molecular weight is 961 g/mol. The average Bonchev–Trinajstić information content (AvgIpc) is 3.34. The molecule has 68 heavy (non-hydrogen) atoms. The van der Waals surface area contributed by atoms with Gasteiger partial charge < -0.3 is 39.4 Å². The molecule has 0 aromatic rings. The van der Waals surface area contributed by atoms with E-state index >= 15 is 0 Å². The van der Waals surface area contributed by atoms with E-state index in [1.807, 2.05) is 0 Å². The highest BCUT2D eigenvalue weighted by Gasteiger charge is 2.44. The van der Waals surface area contributed by atoms with Crippen LogP contribution in [0.1, 0.15) is 251 Å². The molecule has 6 atom stereocenters. The summed E-state index contributed by atoms with van der Waals surface area (Å²) in [6, 6.07) is 0. The molecule has 0 aromatic heterocycles. The van der Waals surface area contributed by atoms with Crippen LogP contribution in [0.25, 0.3) is 0 Å². The fourth-order valence-corrected chi connectivity index (χ4v) is 8.54. The molecule has 1 aliphatic rings. The van der Waals surface area contributed by atoms with Crippen molar-refractivity contribution in [3.63, 3.8) is 0 Å². The van der Waals surface area contributed by atoms with E-state index in [9.17, 15) is 30.0 Å². The second kappa shape index (κ2) is 48.3. The standard InChI is InChI=1S/C58H104O10/c1-3-5-7-9-11-13-15-17-19-21-23-25-27-29-31-33-35-37-39-41-43-45-47-54(61)67-51(50-66-58-57(64)56(63)55(62)52(48-59)68-58)49-65-53(60)46-44-42-40-38-36-34-32-30-28-26-24-22-20-18-16-14-12-10-8-6-4-2/h20,22,26,28,32,34,38,40,51-52,55-59,62-64H,3-19,21,23-25,27,29-31,33,35-37,39,41-50H2,1-2H3/b22-20+,28-26+,34-32+,40-38+/t51-,52-,55+,56?,57?,58-/m1/s1. The van der Waals surface area contributed by atoms with Crippen LogP contribution in [0.3, 0.4) is 0 Å². The lowest BCUT2D eigenvalue weighted by atomic mass is 9.99. The van der Waals surface area contributed by atoms with E-state index in [0.717, 1.165) is 44.9 Å². The Morgan fingerprint density at radius 2 is 0.838 bits per heavy atom.